The number of nitrogens with one attached hydrogen (secondary N) is 2. The summed E-state index contributed by atoms with van der Waals surface area (Å²) in [5.41, 5.74) is 1.23. The molecule has 278 valence electrons. The molecule has 0 saturated carbocycles. The minimum Gasteiger partial charge on any atom is -0.497 e. The van der Waals surface area contributed by atoms with Gasteiger partial charge in [0.15, 0.2) is 11.2 Å². The number of aromatic nitrogens is 4. The third kappa shape index (κ3) is 8.18. The van der Waals surface area contributed by atoms with Crippen LogP contribution in [0.5, 0.6) is 11.5 Å². The number of esters is 1. The van der Waals surface area contributed by atoms with Crippen molar-refractivity contribution in [2.75, 3.05) is 32.7 Å². The number of nitrogens with zero attached hydrogens (tertiary/aromatic N) is 3. The Balaban J connectivity index is 1.39. The molecule has 3 heterocycles. The minimum atomic E-state index is -1.19. The van der Waals surface area contributed by atoms with Crippen molar-refractivity contribution in [1.29, 1.82) is 0 Å². The maximum Gasteiger partial charge on any atom is 0.306 e. The van der Waals surface area contributed by atoms with Crippen LogP contribution in [0.1, 0.15) is 56.0 Å². The second kappa shape index (κ2) is 16.3. The lowest BCUT2D eigenvalue weighted by molar-refractivity contribution is -0.157. The number of carbonyl (C=O) groups is 2. The lowest BCUT2D eigenvalue weighted by Gasteiger charge is -2.37. The van der Waals surface area contributed by atoms with Gasteiger partial charge in [0.2, 0.25) is 5.95 Å². The Labute approximate surface area is 306 Å². The second-order valence-electron chi connectivity index (χ2n) is 13.1. The summed E-state index contributed by atoms with van der Waals surface area (Å²) in [5.74, 6) is 0.134. The Bertz CT molecular complexity index is 2020. The van der Waals surface area contributed by atoms with Crippen LogP contribution in [-0.2, 0) is 29.4 Å². The average molecular weight is 726 g/mol. The van der Waals surface area contributed by atoms with E-state index in [1.54, 1.807) is 18.8 Å². The molecule has 0 spiro atoms. The second-order valence-corrected chi connectivity index (χ2v) is 13.1. The van der Waals surface area contributed by atoms with E-state index >= 15 is 0 Å². The maximum atomic E-state index is 13.0. The molecule has 53 heavy (non-hydrogen) atoms. The number of hydrogen-bond acceptors (Lipinski definition) is 11. The normalized spacial score (nSPS) is 17.2. The predicted molar refractivity (Wildman–Crippen MR) is 195 cm³/mol. The summed E-state index contributed by atoms with van der Waals surface area (Å²) in [6, 6.07) is 24.9. The zero-order valence-corrected chi connectivity index (χ0v) is 30.0. The number of imidazole rings is 1. The summed E-state index contributed by atoms with van der Waals surface area (Å²) < 4.78 is 32.1. The highest BCUT2D eigenvalue weighted by molar-refractivity contribution is 5.76. The van der Waals surface area contributed by atoms with Gasteiger partial charge in [-0.1, -0.05) is 68.4 Å². The molecule has 0 bridgehead atoms. The van der Waals surface area contributed by atoms with E-state index in [1.807, 2.05) is 92.7 Å². The number of aromatic amines is 1. The van der Waals surface area contributed by atoms with Crippen molar-refractivity contribution >= 4 is 29.1 Å². The number of rotatable bonds is 16. The molecule has 0 aliphatic carbocycles. The number of fused-ring (bicyclic) bond motifs is 1. The number of ether oxygens (including phenoxy) is 5. The first-order valence-electron chi connectivity index (χ1n) is 17.4. The summed E-state index contributed by atoms with van der Waals surface area (Å²) in [6.07, 6.45) is -1.50. The molecule has 14 nitrogen and oxygen atoms in total. The SMILES string of the molecule is COc1ccc(C(OC[C@H]2O[C@@H](n3cnc4c(=O)[nH]c(NCC(C)C)nc43)C[C@@H]2OC(=O)CCC(=O)O)(c2ccccc2)c2ccc(OC)cc2)cc1. The van der Waals surface area contributed by atoms with Crippen molar-refractivity contribution in [2.45, 2.75) is 57.1 Å². The largest absolute Gasteiger partial charge is 0.497 e. The molecule has 0 amide bonds. The standard InChI is InChI=1S/C39H43N5O9/c1-24(2)21-40-38-42-36-35(37(48)43-38)41-23-44(36)32-20-30(53-34(47)19-18-33(45)46)31(52-32)22-51-39(25-8-6-5-7-9-25,26-10-14-28(49-3)15-11-26)27-12-16-29(50-4)17-13-27/h5-17,23-24,30-32H,18-22H2,1-4H3,(H,45,46)(H2,40,42,43,48)/t30-,31+,32+/m0/s1. The van der Waals surface area contributed by atoms with Crippen LogP contribution < -0.4 is 20.3 Å². The van der Waals surface area contributed by atoms with Gasteiger partial charge >= 0.3 is 11.9 Å². The summed E-state index contributed by atoms with van der Waals surface area (Å²) in [5, 5.41) is 12.3. The van der Waals surface area contributed by atoms with Gasteiger partial charge < -0.3 is 34.1 Å². The zero-order chi connectivity index (χ0) is 37.5. The number of hydrogen-bond donors (Lipinski definition) is 3. The summed E-state index contributed by atoms with van der Waals surface area (Å²) >= 11 is 0. The predicted octanol–water partition coefficient (Wildman–Crippen LogP) is 5.28. The van der Waals surface area contributed by atoms with E-state index in [4.69, 9.17) is 23.7 Å². The average Bonchev–Trinajstić information content (AvgIpc) is 3.78. The molecule has 1 saturated heterocycles. The van der Waals surface area contributed by atoms with Crippen molar-refractivity contribution in [2.24, 2.45) is 5.92 Å². The van der Waals surface area contributed by atoms with E-state index in [0.29, 0.717) is 29.9 Å². The molecule has 5 aromatic rings. The number of carbonyl (C=O) groups excluding carboxylic acids is 1. The van der Waals surface area contributed by atoms with Gasteiger partial charge in [-0.2, -0.15) is 4.98 Å². The molecule has 14 heteroatoms. The first-order valence-corrected chi connectivity index (χ1v) is 17.4. The maximum absolute atomic E-state index is 13.0. The Morgan fingerprint density at radius 1 is 0.962 bits per heavy atom. The third-order valence-corrected chi connectivity index (χ3v) is 9.06. The highest BCUT2D eigenvalue weighted by atomic mass is 16.6. The van der Waals surface area contributed by atoms with Crippen LogP contribution in [0.4, 0.5) is 5.95 Å². The van der Waals surface area contributed by atoms with Crippen LogP contribution in [0.15, 0.2) is 90.0 Å². The third-order valence-electron chi connectivity index (χ3n) is 9.06. The van der Waals surface area contributed by atoms with Crippen molar-refractivity contribution in [3.63, 3.8) is 0 Å². The fourth-order valence-electron chi connectivity index (χ4n) is 6.38. The quantitative estimate of drug-likeness (QED) is 0.0888. The monoisotopic (exact) mass is 725 g/mol. The smallest absolute Gasteiger partial charge is 0.306 e. The van der Waals surface area contributed by atoms with Crippen LogP contribution in [0.25, 0.3) is 11.2 Å². The number of anilines is 1. The zero-order valence-electron chi connectivity index (χ0n) is 30.0. The highest BCUT2D eigenvalue weighted by Crippen LogP contribution is 2.43. The Morgan fingerprint density at radius 2 is 1.58 bits per heavy atom. The first-order chi connectivity index (χ1) is 25.6. The molecule has 0 unspecified atom stereocenters. The van der Waals surface area contributed by atoms with Crippen molar-refractivity contribution < 1.29 is 38.4 Å². The van der Waals surface area contributed by atoms with Crippen LogP contribution in [0.3, 0.4) is 0 Å². The molecule has 0 radical (unpaired) electrons. The molecule has 1 aliphatic heterocycles. The van der Waals surface area contributed by atoms with E-state index < -0.39 is 41.5 Å². The highest BCUT2D eigenvalue weighted by Gasteiger charge is 2.44. The van der Waals surface area contributed by atoms with Crippen molar-refractivity contribution in [1.82, 2.24) is 19.5 Å². The molecule has 2 aromatic heterocycles. The number of H-pyrrole nitrogens is 1. The summed E-state index contributed by atoms with van der Waals surface area (Å²) in [7, 11) is 3.20. The van der Waals surface area contributed by atoms with Crippen molar-refractivity contribution in [3.8, 4) is 11.5 Å². The van der Waals surface area contributed by atoms with Crippen LogP contribution >= 0.6 is 0 Å². The number of benzene rings is 3. The van der Waals surface area contributed by atoms with E-state index in [1.165, 1.54) is 6.33 Å². The van der Waals surface area contributed by atoms with E-state index in [-0.39, 0.29) is 37.0 Å². The molecule has 1 fully saturated rings. The number of carboxylic acid groups (broad SMARTS) is 1. The molecule has 3 aromatic carbocycles. The molecule has 3 N–H and O–H groups in total. The Morgan fingerprint density at radius 3 is 2.17 bits per heavy atom. The lowest BCUT2D eigenvalue weighted by Crippen LogP contribution is -2.39. The molecule has 1 aliphatic rings. The molecular weight excluding hydrogens is 682 g/mol. The van der Waals surface area contributed by atoms with E-state index in [0.717, 1.165) is 16.7 Å². The van der Waals surface area contributed by atoms with Gasteiger partial charge in [0, 0.05) is 13.0 Å². The van der Waals surface area contributed by atoms with Gasteiger partial charge in [0.05, 0.1) is 40.0 Å². The topological polar surface area (TPSA) is 176 Å². The molecule has 6 rings (SSSR count). The van der Waals surface area contributed by atoms with E-state index in [9.17, 15) is 19.5 Å². The lowest BCUT2D eigenvalue weighted by atomic mass is 9.80. The van der Waals surface area contributed by atoms with Crippen molar-refractivity contribution in [3.05, 3.63) is 112 Å². The first kappa shape index (κ1) is 37.0. The minimum absolute atomic E-state index is 0.0673. The van der Waals surface area contributed by atoms with Crippen LogP contribution in [0, 0.1) is 5.92 Å². The van der Waals surface area contributed by atoms with Gasteiger partial charge in [0.1, 0.15) is 35.5 Å². The number of carboxylic acids is 1. The number of aliphatic carboxylic acids is 1. The van der Waals surface area contributed by atoms with E-state index in [2.05, 4.69) is 20.3 Å². The fourth-order valence-corrected chi connectivity index (χ4v) is 6.38. The van der Waals surface area contributed by atoms with Gasteiger partial charge in [-0.25, -0.2) is 4.98 Å². The number of methoxy groups -OCH3 is 2. The van der Waals surface area contributed by atoms with Gasteiger partial charge in [-0.05, 0) is 46.9 Å². The van der Waals surface area contributed by atoms with Crippen LogP contribution in [0.2, 0.25) is 0 Å². The van der Waals surface area contributed by atoms with Gasteiger partial charge in [-0.3, -0.25) is 23.9 Å². The molecular formula is C39H43N5O9. The van der Waals surface area contributed by atoms with Gasteiger partial charge in [0.25, 0.3) is 5.56 Å². The molecule has 3 atom stereocenters. The Kier molecular flexibility index (Phi) is 11.4. The van der Waals surface area contributed by atoms with Gasteiger partial charge in [-0.15, -0.1) is 0 Å². The fraction of sp³-hybridized carbons (Fsp3) is 0.359. The Hall–Kier alpha value is -5.73. The van der Waals surface area contributed by atoms with Crippen LogP contribution in [-0.4, -0.2) is 76.1 Å². The summed E-state index contributed by atoms with van der Waals surface area (Å²) in [6.45, 7) is 4.59. The summed E-state index contributed by atoms with van der Waals surface area (Å²) in [4.78, 5) is 48.9.